The van der Waals surface area contributed by atoms with Gasteiger partial charge in [-0.3, -0.25) is 9.78 Å². The van der Waals surface area contributed by atoms with Gasteiger partial charge in [0.25, 0.3) is 5.91 Å². The number of carbonyl (C=O) groups is 1. The van der Waals surface area contributed by atoms with Gasteiger partial charge in [0, 0.05) is 32.2 Å². The molecule has 110 valence electrons. The van der Waals surface area contributed by atoms with Crippen LogP contribution < -0.4 is 0 Å². The van der Waals surface area contributed by atoms with Crippen LogP contribution in [0.1, 0.15) is 22.5 Å². The molecule has 1 fully saturated rings. The third kappa shape index (κ3) is 2.83. The molecule has 3 rings (SSSR count). The summed E-state index contributed by atoms with van der Waals surface area (Å²) >= 11 is 0. The van der Waals surface area contributed by atoms with Crippen LogP contribution in [0.25, 0.3) is 0 Å². The molecule has 0 aliphatic carbocycles. The van der Waals surface area contributed by atoms with Gasteiger partial charge >= 0.3 is 0 Å². The van der Waals surface area contributed by atoms with E-state index in [-0.39, 0.29) is 18.1 Å². The number of rotatable bonds is 4. The summed E-state index contributed by atoms with van der Waals surface area (Å²) in [7, 11) is 1.72. The van der Waals surface area contributed by atoms with Crippen LogP contribution >= 0.6 is 0 Å². The number of amides is 1. The smallest absolute Gasteiger partial charge is 0.270 e. The van der Waals surface area contributed by atoms with E-state index in [0.717, 1.165) is 19.4 Å². The number of nitrogens with one attached hydrogen (secondary N) is 1. The number of H-pyrrole nitrogens is 1. The monoisotopic (exact) mass is 285 g/mol. The normalized spacial score (nSPS) is 21.7. The van der Waals surface area contributed by atoms with Gasteiger partial charge in [0.1, 0.15) is 5.69 Å². The zero-order valence-electron chi connectivity index (χ0n) is 12.0. The lowest BCUT2D eigenvalue weighted by molar-refractivity contribution is 0.0505. The van der Waals surface area contributed by atoms with Crippen LogP contribution in [0.15, 0.2) is 42.9 Å². The van der Waals surface area contributed by atoms with Crippen LogP contribution in [-0.2, 0) is 11.2 Å². The number of carbonyl (C=O) groups excluding carboxylic acids is 1. The van der Waals surface area contributed by atoms with E-state index in [1.807, 2.05) is 29.2 Å². The highest BCUT2D eigenvalue weighted by Gasteiger charge is 2.37. The molecular weight excluding hydrogens is 266 g/mol. The summed E-state index contributed by atoms with van der Waals surface area (Å²) < 4.78 is 5.57. The highest BCUT2D eigenvalue weighted by molar-refractivity contribution is 5.92. The summed E-state index contributed by atoms with van der Waals surface area (Å²) in [5, 5.41) is 0. The van der Waals surface area contributed by atoms with Crippen molar-refractivity contribution in [1.29, 1.82) is 0 Å². The Kier molecular flexibility index (Phi) is 4.01. The van der Waals surface area contributed by atoms with Gasteiger partial charge in [-0.2, -0.15) is 0 Å². The third-order valence-electron chi connectivity index (χ3n) is 4.07. The Morgan fingerprint density at radius 1 is 1.43 bits per heavy atom. The lowest BCUT2D eigenvalue weighted by atomic mass is 10.0. The van der Waals surface area contributed by atoms with Crippen LogP contribution in [0.2, 0.25) is 0 Å². The van der Waals surface area contributed by atoms with E-state index < -0.39 is 0 Å². The molecule has 1 aliphatic heterocycles. The Labute approximate surface area is 124 Å². The van der Waals surface area contributed by atoms with Crippen LogP contribution in [0, 0.1) is 0 Å². The standard InChI is InChI=1S/C16H19N3O2/c1-21-15-6-10-19(16(20)13-3-2-7-18-13)14(15)11-12-4-8-17-9-5-12/h2-5,7-9,14-15,18H,6,10-11H2,1H3/t14-,15+/m0/s1. The molecule has 5 nitrogen and oxygen atoms in total. The Hall–Kier alpha value is -2.14. The number of ether oxygens (including phenoxy) is 1. The molecule has 21 heavy (non-hydrogen) atoms. The van der Waals surface area contributed by atoms with Crippen molar-refractivity contribution in [3.05, 3.63) is 54.1 Å². The molecule has 1 N–H and O–H groups in total. The average molecular weight is 285 g/mol. The zero-order valence-corrected chi connectivity index (χ0v) is 12.0. The quantitative estimate of drug-likeness (QED) is 0.933. The fourth-order valence-electron chi connectivity index (χ4n) is 2.97. The molecular formula is C16H19N3O2. The van der Waals surface area contributed by atoms with E-state index in [1.165, 1.54) is 5.56 Å². The Bertz CT molecular complexity index is 583. The van der Waals surface area contributed by atoms with Crippen molar-refractivity contribution < 1.29 is 9.53 Å². The van der Waals surface area contributed by atoms with E-state index in [9.17, 15) is 4.79 Å². The number of likely N-dealkylation sites (tertiary alicyclic amines) is 1. The lowest BCUT2D eigenvalue weighted by Gasteiger charge is -2.27. The topological polar surface area (TPSA) is 58.2 Å². The largest absolute Gasteiger partial charge is 0.379 e. The minimum Gasteiger partial charge on any atom is -0.379 e. The van der Waals surface area contributed by atoms with E-state index in [1.54, 1.807) is 25.7 Å². The van der Waals surface area contributed by atoms with Crippen LogP contribution in [0.4, 0.5) is 0 Å². The second kappa shape index (κ2) is 6.10. The molecule has 2 aromatic heterocycles. The molecule has 2 aromatic rings. The second-order valence-corrected chi connectivity index (χ2v) is 5.27. The Morgan fingerprint density at radius 2 is 2.24 bits per heavy atom. The number of hydrogen-bond donors (Lipinski definition) is 1. The SMILES string of the molecule is CO[C@@H]1CCN(C(=O)c2ccc[nH]2)[C@H]1Cc1ccncc1. The first-order chi connectivity index (χ1) is 10.3. The van der Waals surface area contributed by atoms with Crippen LogP contribution in [-0.4, -0.2) is 46.6 Å². The second-order valence-electron chi connectivity index (χ2n) is 5.27. The molecule has 1 amide bonds. The predicted octanol–water partition coefficient (Wildman–Crippen LogP) is 1.88. The first kappa shape index (κ1) is 13.8. The summed E-state index contributed by atoms with van der Waals surface area (Å²) in [6, 6.07) is 7.69. The van der Waals surface area contributed by atoms with Gasteiger partial charge in [-0.25, -0.2) is 0 Å². The summed E-state index contributed by atoms with van der Waals surface area (Å²) in [6.07, 6.45) is 7.07. The van der Waals surface area contributed by atoms with Gasteiger partial charge in [-0.15, -0.1) is 0 Å². The maximum absolute atomic E-state index is 12.6. The van der Waals surface area contributed by atoms with Crippen molar-refractivity contribution in [2.45, 2.75) is 25.0 Å². The highest BCUT2D eigenvalue weighted by Crippen LogP contribution is 2.25. The fourth-order valence-corrected chi connectivity index (χ4v) is 2.97. The van der Waals surface area contributed by atoms with Crippen LogP contribution in [0.5, 0.6) is 0 Å². The van der Waals surface area contributed by atoms with Crippen LogP contribution in [0.3, 0.4) is 0 Å². The van der Waals surface area contributed by atoms with Crippen molar-refractivity contribution in [3.63, 3.8) is 0 Å². The average Bonchev–Trinajstić information content (AvgIpc) is 3.17. The molecule has 1 saturated heterocycles. The van der Waals surface area contributed by atoms with Gasteiger partial charge < -0.3 is 14.6 Å². The summed E-state index contributed by atoms with van der Waals surface area (Å²) in [4.78, 5) is 21.5. The van der Waals surface area contributed by atoms with Crippen molar-refractivity contribution in [2.75, 3.05) is 13.7 Å². The maximum Gasteiger partial charge on any atom is 0.270 e. The first-order valence-corrected chi connectivity index (χ1v) is 7.15. The highest BCUT2D eigenvalue weighted by atomic mass is 16.5. The van der Waals surface area contributed by atoms with Crippen molar-refractivity contribution >= 4 is 5.91 Å². The molecule has 0 saturated carbocycles. The zero-order chi connectivity index (χ0) is 14.7. The third-order valence-corrected chi connectivity index (χ3v) is 4.07. The number of methoxy groups -OCH3 is 1. The van der Waals surface area contributed by atoms with Crippen molar-refractivity contribution in [3.8, 4) is 0 Å². The van der Waals surface area contributed by atoms with Crippen molar-refractivity contribution in [2.24, 2.45) is 0 Å². The molecule has 0 radical (unpaired) electrons. The predicted molar refractivity (Wildman–Crippen MR) is 79.0 cm³/mol. The number of hydrogen-bond acceptors (Lipinski definition) is 3. The molecule has 0 bridgehead atoms. The summed E-state index contributed by atoms with van der Waals surface area (Å²) in [5.74, 6) is 0.0404. The maximum atomic E-state index is 12.6. The van der Waals surface area contributed by atoms with E-state index in [4.69, 9.17) is 4.74 Å². The number of aromatic amines is 1. The van der Waals surface area contributed by atoms with Gasteiger partial charge in [0.05, 0.1) is 12.1 Å². The number of pyridine rings is 1. The van der Waals surface area contributed by atoms with Gasteiger partial charge in [0.2, 0.25) is 0 Å². The molecule has 3 heterocycles. The van der Waals surface area contributed by atoms with Crippen molar-refractivity contribution in [1.82, 2.24) is 14.9 Å². The van der Waals surface area contributed by atoms with E-state index >= 15 is 0 Å². The molecule has 5 heteroatoms. The molecule has 0 aromatic carbocycles. The van der Waals surface area contributed by atoms with E-state index in [0.29, 0.717) is 5.69 Å². The number of aromatic nitrogens is 2. The Balaban J connectivity index is 1.80. The van der Waals surface area contributed by atoms with Gasteiger partial charge in [-0.1, -0.05) is 0 Å². The lowest BCUT2D eigenvalue weighted by Crippen LogP contribution is -2.41. The summed E-state index contributed by atoms with van der Waals surface area (Å²) in [6.45, 7) is 0.728. The molecule has 1 aliphatic rings. The van der Waals surface area contributed by atoms with Gasteiger partial charge in [0.15, 0.2) is 0 Å². The Morgan fingerprint density at radius 3 is 2.90 bits per heavy atom. The minimum absolute atomic E-state index is 0.0404. The fraction of sp³-hybridized carbons (Fsp3) is 0.375. The molecule has 0 unspecified atom stereocenters. The van der Waals surface area contributed by atoms with E-state index in [2.05, 4.69) is 9.97 Å². The molecule has 0 spiro atoms. The minimum atomic E-state index is 0.0404. The summed E-state index contributed by atoms with van der Waals surface area (Å²) in [5.41, 5.74) is 1.80. The molecule has 2 atom stereocenters. The first-order valence-electron chi connectivity index (χ1n) is 7.15. The van der Waals surface area contributed by atoms with Gasteiger partial charge in [-0.05, 0) is 42.7 Å². The number of nitrogens with zero attached hydrogens (tertiary/aromatic N) is 2.